The molecule has 0 bridgehead atoms. The number of anilines is 1. The summed E-state index contributed by atoms with van der Waals surface area (Å²) in [5.41, 5.74) is 0.433. The number of nitrogens with one attached hydrogen (secondary N) is 1. The second kappa shape index (κ2) is 10.1. The van der Waals surface area contributed by atoms with E-state index in [4.69, 9.17) is 4.74 Å². The summed E-state index contributed by atoms with van der Waals surface area (Å²) in [5.74, 6) is -1.92. The minimum atomic E-state index is -3.66. The minimum absolute atomic E-state index is 0.0526. The van der Waals surface area contributed by atoms with Crippen molar-refractivity contribution < 1.29 is 32.3 Å². The molecule has 0 aliphatic carbocycles. The first-order chi connectivity index (χ1) is 15.7. The fourth-order valence-electron chi connectivity index (χ4n) is 3.72. The number of hydrogen-bond acceptors (Lipinski definition) is 7. The molecule has 1 unspecified atom stereocenters. The van der Waals surface area contributed by atoms with Crippen LogP contribution >= 0.6 is 0 Å². The lowest BCUT2D eigenvalue weighted by Crippen LogP contribution is -2.41. The Hall–Kier alpha value is -3.24. The minimum Gasteiger partial charge on any atom is -0.465 e. The van der Waals surface area contributed by atoms with Crippen LogP contribution < -0.4 is 5.32 Å². The summed E-state index contributed by atoms with van der Waals surface area (Å²) in [5, 5.41) is 2.58. The molecule has 0 saturated carbocycles. The van der Waals surface area contributed by atoms with Gasteiger partial charge in [0.2, 0.25) is 10.0 Å². The molecule has 2 aromatic rings. The largest absolute Gasteiger partial charge is 0.465 e. The Labute approximate surface area is 192 Å². The lowest BCUT2D eigenvalue weighted by molar-refractivity contribution is 0.0587. The highest BCUT2D eigenvalue weighted by atomic mass is 32.2. The van der Waals surface area contributed by atoms with E-state index in [9.17, 15) is 22.8 Å². The molecular formula is C23H26N2O7S. The Balaban J connectivity index is 1.85. The van der Waals surface area contributed by atoms with Crippen LogP contribution in [0.2, 0.25) is 0 Å². The number of ether oxygens (including phenoxy) is 2. The van der Waals surface area contributed by atoms with Crippen LogP contribution in [0.15, 0.2) is 47.4 Å². The van der Waals surface area contributed by atoms with E-state index < -0.39 is 27.9 Å². The van der Waals surface area contributed by atoms with Gasteiger partial charge in [0.25, 0.3) is 5.91 Å². The van der Waals surface area contributed by atoms with Crippen molar-refractivity contribution in [2.75, 3.05) is 26.1 Å². The number of piperidine rings is 1. The van der Waals surface area contributed by atoms with Gasteiger partial charge in [0.05, 0.1) is 35.9 Å². The Morgan fingerprint density at radius 1 is 0.939 bits per heavy atom. The van der Waals surface area contributed by atoms with E-state index >= 15 is 0 Å². The van der Waals surface area contributed by atoms with E-state index in [1.165, 1.54) is 61.0 Å². The normalized spacial score (nSPS) is 16.6. The monoisotopic (exact) mass is 474 g/mol. The number of nitrogens with zero attached hydrogens (tertiary/aromatic N) is 1. The van der Waals surface area contributed by atoms with Gasteiger partial charge in [0, 0.05) is 18.2 Å². The molecule has 1 N–H and O–H groups in total. The molecule has 9 nitrogen and oxygen atoms in total. The summed E-state index contributed by atoms with van der Waals surface area (Å²) >= 11 is 0. The van der Waals surface area contributed by atoms with Crippen LogP contribution in [0, 0.1) is 0 Å². The predicted octanol–water partition coefficient (Wildman–Crippen LogP) is 3.08. The molecular weight excluding hydrogens is 448 g/mol. The second-order valence-corrected chi connectivity index (χ2v) is 9.57. The summed E-state index contributed by atoms with van der Waals surface area (Å²) < 4.78 is 36.9. The van der Waals surface area contributed by atoms with Crippen LogP contribution in [0.5, 0.6) is 0 Å². The maximum atomic E-state index is 13.0. The molecule has 1 aliphatic rings. The van der Waals surface area contributed by atoms with Gasteiger partial charge >= 0.3 is 11.9 Å². The average Bonchev–Trinajstić information content (AvgIpc) is 2.83. The van der Waals surface area contributed by atoms with Crippen LogP contribution in [0.1, 0.15) is 57.3 Å². The SMILES string of the molecule is COC(=O)c1ccc(C(=O)OC)c(NC(=O)c2ccc(S(=O)(=O)N3CCCCC3C)cc2)c1. The smallest absolute Gasteiger partial charge is 0.339 e. The highest BCUT2D eigenvalue weighted by Crippen LogP contribution is 2.26. The van der Waals surface area contributed by atoms with E-state index in [0.717, 1.165) is 19.3 Å². The van der Waals surface area contributed by atoms with E-state index in [1.54, 1.807) is 0 Å². The topological polar surface area (TPSA) is 119 Å². The molecule has 0 spiro atoms. The fraction of sp³-hybridized carbons (Fsp3) is 0.348. The number of sulfonamides is 1. The van der Waals surface area contributed by atoms with Gasteiger partial charge in [-0.15, -0.1) is 0 Å². The third kappa shape index (κ3) is 5.23. The number of rotatable bonds is 6. The predicted molar refractivity (Wildman–Crippen MR) is 121 cm³/mol. The standard InChI is InChI=1S/C23H26N2O7S/c1-15-6-4-5-13-25(15)33(29,30)18-10-7-16(8-11-18)21(26)24-20-14-17(22(27)31-2)9-12-19(20)23(28)32-3/h7-12,14-15H,4-6,13H2,1-3H3,(H,24,26). The van der Waals surface area contributed by atoms with E-state index in [1.807, 2.05) is 6.92 Å². The highest BCUT2D eigenvalue weighted by molar-refractivity contribution is 7.89. The summed E-state index contributed by atoms with van der Waals surface area (Å²) in [6.45, 7) is 2.36. The van der Waals surface area contributed by atoms with Crippen LogP contribution in [-0.2, 0) is 19.5 Å². The van der Waals surface area contributed by atoms with Crippen molar-refractivity contribution in [1.29, 1.82) is 0 Å². The van der Waals surface area contributed by atoms with Gasteiger partial charge in [0.15, 0.2) is 0 Å². The molecule has 1 atom stereocenters. The number of benzene rings is 2. The van der Waals surface area contributed by atoms with Crippen molar-refractivity contribution in [1.82, 2.24) is 4.31 Å². The van der Waals surface area contributed by atoms with Crippen LogP contribution in [0.4, 0.5) is 5.69 Å². The number of esters is 2. The second-order valence-electron chi connectivity index (χ2n) is 7.68. The molecule has 1 fully saturated rings. The summed E-state index contributed by atoms with van der Waals surface area (Å²) in [6.07, 6.45) is 2.63. The Morgan fingerprint density at radius 2 is 1.58 bits per heavy atom. The zero-order chi connectivity index (χ0) is 24.2. The van der Waals surface area contributed by atoms with Gasteiger partial charge in [-0.1, -0.05) is 6.42 Å². The van der Waals surface area contributed by atoms with Gasteiger partial charge < -0.3 is 14.8 Å². The summed E-state index contributed by atoms with van der Waals surface area (Å²) in [4.78, 5) is 36.8. The molecule has 0 radical (unpaired) electrons. The van der Waals surface area contributed by atoms with Crippen LogP contribution in [0.25, 0.3) is 0 Å². The van der Waals surface area contributed by atoms with Crippen molar-refractivity contribution in [2.45, 2.75) is 37.1 Å². The Bertz CT molecular complexity index is 1160. The zero-order valence-electron chi connectivity index (χ0n) is 18.7. The van der Waals surface area contributed by atoms with E-state index in [-0.39, 0.29) is 33.3 Å². The van der Waals surface area contributed by atoms with E-state index in [0.29, 0.717) is 6.54 Å². The number of carbonyl (C=O) groups is 3. The lowest BCUT2D eigenvalue weighted by atomic mass is 10.1. The number of carbonyl (C=O) groups excluding carboxylic acids is 3. The van der Waals surface area contributed by atoms with Gasteiger partial charge in [0.1, 0.15) is 0 Å². The third-order valence-electron chi connectivity index (χ3n) is 5.56. The number of hydrogen-bond donors (Lipinski definition) is 1. The maximum absolute atomic E-state index is 13.0. The highest BCUT2D eigenvalue weighted by Gasteiger charge is 2.31. The van der Waals surface area contributed by atoms with Gasteiger partial charge in [-0.3, -0.25) is 4.79 Å². The van der Waals surface area contributed by atoms with Gasteiger partial charge in [-0.25, -0.2) is 18.0 Å². The number of methoxy groups -OCH3 is 2. The fourth-order valence-corrected chi connectivity index (χ4v) is 5.42. The first-order valence-corrected chi connectivity index (χ1v) is 11.9. The Morgan fingerprint density at radius 3 is 2.18 bits per heavy atom. The third-order valence-corrected chi connectivity index (χ3v) is 7.59. The van der Waals surface area contributed by atoms with Crippen LogP contribution in [0.3, 0.4) is 0 Å². The van der Waals surface area contributed by atoms with Crippen molar-refractivity contribution in [3.63, 3.8) is 0 Å². The van der Waals surface area contributed by atoms with Crippen molar-refractivity contribution >= 4 is 33.6 Å². The summed E-state index contributed by atoms with van der Waals surface area (Å²) in [7, 11) is -1.25. The quantitative estimate of drug-likeness (QED) is 0.639. The van der Waals surface area contributed by atoms with E-state index in [2.05, 4.69) is 10.1 Å². The first-order valence-electron chi connectivity index (χ1n) is 10.4. The average molecular weight is 475 g/mol. The van der Waals surface area contributed by atoms with Crippen molar-refractivity contribution in [3.05, 3.63) is 59.2 Å². The van der Waals surface area contributed by atoms with Crippen molar-refractivity contribution in [3.8, 4) is 0 Å². The zero-order valence-corrected chi connectivity index (χ0v) is 19.5. The maximum Gasteiger partial charge on any atom is 0.339 e. The molecule has 2 aromatic carbocycles. The first kappa shape index (κ1) is 24.4. The molecule has 1 heterocycles. The van der Waals surface area contributed by atoms with Crippen LogP contribution in [-0.4, -0.2) is 57.4 Å². The van der Waals surface area contributed by atoms with Gasteiger partial charge in [-0.05, 0) is 62.2 Å². The molecule has 33 heavy (non-hydrogen) atoms. The van der Waals surface area contributed by atoms with Crippen molar-refractivity contribution in [2.24, 2.45) is 0 Å². The molecule has 1 aliphatic heterocycles. The molecule has 176 valence electrons. The lowest BCUT2D eigenvalue weighted by Gasteiger charge is -2.32. The molecule has 1 saturated heterocycles. The number of amides is 1. The van der Waals surface area contributed by atoms with Gasteiger partial charge in [-0.2, -0.15) is 4.31 Å². The Kier molecular flexibility index (Phi) is 7.50. The molecule has 1 amide bonds. The molecule has 3 rings (SSSR count). The summed E-state index contributed by atoms with van der Waals surface area (Å²) in [6, 6.07) is 9.54. The molecule has 0 aromatic heterocycles. The molecule has 10 heteroatoms.